The van der Waals surface area contributed by atoms with Crippen LogP contribution in [0.5, 0.6) is 0 Å². The summed E-state index contributed by atoms with van der Waals surface area (Å²) in [7, 11) is 0. The van der Waals surface area contributed by atoms with Crippen LogP contribution in [0.25, 0.3) is 0 Å². The molecule has 0 bridgehead atoms. The van der Waals surface area contributed by atoms with E-state index >= 15 is 0 Å². The summed E-state index contributed by atoms with van der Waals surface area (Å²) in [6.45, 7) is 1.94. The fraction of sp³-hybridized carbons (Fsp3) is 0.417. The second kappa shape index (κ2) is 6.57. The van der Waals surface area contributed by atoms with Crippen LogP contribution in [0.1, 0.15) is 25.3 Å². The Morgan fingerprint density at radius 1 is 1.61 bits per heavy atom. The van der Waals surface area contributed by atoms with Gasteiger partial charge in [0.15, 0.2) is 0 Å². The lowest BCUT2D eigenvalue weighted by Gasteiger charge is -2.17. The molecule has 1 aromatic carbocycles. The van der Waals surface area contributed by atoms with Gasteiger partial charge in [-0.05, 0) is 25.0 Å². The lowest BCUT2D eigenvalue weighted by atomic mass is 10.1. The van der Waals surface area contributed by atoms with E-state index < -0.39 is 4.92 Å². The Hall–Kier alpha value is -2.13. The van der Waals surface area contributed by atoms with Crippen LogP contribution in [0.15, 0.2) is 18.2 Å². The van der Waals surface area contributed by atoms with Gasteiger partial charge >= 0.3 is 0 Å². The first kappa shape index (κ1) is 13.9. The number of hydrogen-bond acceptors (Lipinski definition) is 5. The van der Waals surface area contributed by atoms with Crippen molar-refractivity contribution in [1.29, 1.82) is 5.26 Å². The molecule has 1 atom stereocenters. The van der Waals surface area contributed by atoms with Crippen LogP contribution >= 0.6 is 0 Å². The third-order valence-corrected chi connectivity index (χ3v) is 2.65. The zero-order chi connectivity index (χ0) is 13.5. The quantitative estimate of drug-likeness (QED) is 0.593. The van der Waals surface area contributed by atoms with E-state index in [2.05, 4.69) is 5.32 Å². The van der Waals surface area contributed by atoms with E-state index in [1.54, 1.807) is 0 Å². The highest BCUT2D eigenvalue weighted by Crippen LogP contribution is 2.26. The fourth-order valence-corrected chi connectivity index (χ4v) is 1.63. The molecule has 0 aliphatic carbocycles. The summed E-state index contributed by atoms with van der Waals surface area (Å²) < 4.78 is 0. The SMILES string of the molecule is CCC(CCO)Nc1cc(C#N)ccc1[N+](=O)[O-]. The molecule has 1 aromatic rings. The van der Waals surface area contributed by atoms with Gasteiger partial charge in [0, 0.05) is 18.7 Å². The summed E-state index contributed by atoms with van der Waals surface area (Å²) in [4.78, 5) is 10.4. The first-order chi connectivity index (χ1) is 8.62. The molecule has 0 saturated heterocycles. The van der Waals surface area contributed by atoms with Crippen molar-refractivity contribution in [3.63, 3.8) is 0 Å². The fourth-order valence-electron chi connectivity index (χ4n) is 1.63. The first-order valence-electron chi connectivity index (χ1n) is 5.68. The third kappa shape index (κ3) is 3.43. The van der Waals surface area contributed by atoms with E-state index in [0.717, 1.165) is 6.42 Å². The average Bonchev–Trinajstić information content (AvgIpc) is 2.37. The number of nitro benzene ring substituents is 1. The Balaban J connectivity index is 3.04. The number of nitrogens with one attached hydrogen (secondary N) is 1. The first-order valence-corrected chi connectivity index (χ1v) is 5.68. The van der Waals surface area contributed by atoms with Crippen molar-refractivity contribution < 1.29 is 10.0 Å². The lowest BCUT2D eigenvalue weighted by Crippen LogP contribution is -2.20. The standard InChI is InChI=1S/C12H15N3O3/c1-2-10(5-6-16)14-11-7-9(8-13)3-4-12(11)15(17)18/h3-4,7,10,14,16H,2,5-6H2,1H3. The third-order valence-electron chi connectivity index (χ3n) is 2.65. The zero-order valence-corrected chi connectivity index (χ0v) is 10.1. The molecule has 0 aromatic heterocycles. The van der Waals surface area contributed by atoms with Crippen LogP contribution in [-0.2, 0) is 0 Å². The minimum absolute atomic E-state index is 0.0112. The number of anilines is 1. The van der Waals surface area contributed by atoms with Crippen LogP contribution < -0.4 is 5.32 Å². The number of nitro groups is 1. The monoisotopic (exact) mass is 249 g/mol. The number of nitrogens with zero attached hydrogens (tertiary/aromatic N) is 2. The Morgan fingerprint density at radius 2 is 2.33 bits per heavy atom. The molecule has 1 rings (SSSR count). The summed E-state index contributed by atoms with van der Waals surface area (Å²) >= 11 is 0. The van der Waals surface area contributed by atoms with Gasteiger partial charge in [-0.3, -0.25) is 10.1 Å². The van der Waals surface area contributed by atoms with E-state index in [9.17, 15) is 10.1 Å². The number of aliphatic hydroxyl groups excluding tert-OH is 1. The van der Waals surface area contributed by atoms with Crippen molar-refractivity contribution >= 4 is 11.4 Å². The molecule has 0 spiro atoms. The van der Waals surface area contributed by atoms with Crippen molar-refractivity contribution in [2.24, 2.45) is 0 Å². The Bertz CT molecular complexity index is 468. The molecular weight excluding hydrogens is 234 g/mol. The Morgan fingerprint density at radius 3 is 2.83 bits per heavy atom. The maximum absolute atomic E-state index is 10.9. The Kier molecular flexibility index (Phi) is 5.08. The predicted molar refractivity (Wildman–Crippen MR) is 67.2 cm³/mol. The minimum Gasteiger partial charge on any atom is -0.396 e. The molecular formula is C12H15N3O3. The molecule has 18 heavy (non-hydrogen) atoms. The van der Waals surface area contributed by atoms with E-state index in [4.69, 9.17) is 10.4 Å². The highest BCUT2D eigenvalue weighted by atomic mass is 16.6. The van der Waals surface area contributed by atoms with Gasteiger partial charge in [0.2, 0.25) is 0 Å². The van der Waals surface area contributed by atoms with Crippen LogP contribution in [0.3, 0.4) is 0 Å². The summed E-state index contributed by atoms with van der Waals surface area (Å²) in [6, 6.07) is 6.07. The maximum Gasteiger partial charge on any atom is 0.292 e. The van der Waals surface area contributed by atoms with Gasteiger partial charge in [-0.25, -0.2) is 0 Å². The second-order valence-electron chi connectivity index (χ2n) is 3.86. The lowest BCUT2D eigenvalue weighted by molar-refractivity contribution is -0.384. The van der Waals surface area contributed by atoms with Gasteiger partial charge in [-0.1, -0.05) is 6.92 Å². The van der Waals surface area contributed by atoms with Gasteiger partial charge in [-0.15, -0.1) is 0 Å². The summed E-state index contributed by atoms with van der Waals surface area (Å²) in [5, 5.41) is 31.6. The number of rotatable bonds is 6. The summed E-state index contributed by atoms with van der Waals surface area (Å²) in [6.07, 6.45) is 1.24. The van der Waals surface area contributed by atoms with Crippen molar-refractivity contribution in [3.05, 3.63) is 33.9 Å². The van der Waals surface area contributed by atoms with Crippen molar-refractivity contribution in [1.82, 2.24) is 0 Å². The zero-order valence-electron chi connectivity index (χ0n) is 10.1. The molecule has 6 nitrogen and oxygen atoms in total. The molecule has 2 N–H and O–H groups in total. The van der Waals surface area contributed by atoms with E-state index in [-0.39, 0.29) is 18.3 Å². The largest absolute Gasteiger partial charge is 0.396 e. The number of aliphatic hydroxyl groups is 1. The van der Waals surface area contributed by atoms with E-state index in [1.807, 2.05) is 13.0 Å². The molecule has 0 radical (unpaired) electrons. The average molecular weight is 249 g/mol. The van der Waals surface area contributed by atoms with E-state index in [1.165, 1.54) is 18.2 Å². The van der Waals surface area contributed by atoms with Crippen molar-refractivity contribution in [2.75, 3.05) is 11.9 Å². The molecule has 0 saturated carbocycles. The summed E-state index contributed by atoms with van der Waals surface area (Å²) in [5.41, 5.74) is 0.617. The van der Waals surface area contributed by atoms with Gasteiger partial charge in [0.1, 0.15) is 5.69 Å². The molecule has 0 aliphatic rings. The normalized spacial score (nSPS) is 11.6. The molecule has 0 heterocycles. The van der Waals surface area contributed by atoms with Gasteiger partial charge in [-0.2, -0.15) is 5.26 Å². The number of hydrogen-bond donors (Lipinski definition) is 2. The van der Waals surface area contributed by atoms with Crippen LogP contribution in [0.2, 0.25) is 0 Å². The smallest absolute Gasteiger partial charge is 0.292 e. The van der Waals surface area contributed by atoms with Crippen molar-refractivity contribution in [3.8, 4) is 6.07 Å². The minimum atomic E-state index is -0.491. The number of benzene rings is 1. The molecule has 1 unspecified atom stereocenters. The Labute approximate surface area is 105 Å². The van der Waals surface area contributed by atoms with Crippen LogP contribution in [-0.4, -0.2) is 22.7 Å². The highest BCUT2D eigenvalue weighted by molar-refractivity contribution is 5.64. The van der Waals surface area contributed by atoms with Crippen LogP contribution in [0, 0.1) is 21.4 Å². The highest BCUT2D eigenvalue weighted by Gasteiger charge is 2.16. The molecule has 0 fully saturated rings. The molecule has 96 valence electrons. The molecule has 6 heteroatoms. The van der Waals surface area contributed by atoms with Crippen molar-refractivity contribution in [2.45, 2.75) is 25.8 Å². The van der Waals surface area contributed by atoms with Gasteiger partial charge < -0.3 is 10.4 Å². The second-order valence-corrected chi connectivity index (χ2v) is 3.86. The van der Waals surface area contributed by atoms with E-state index in [0.29, 0.717) is 17.7 Å². The van der Waals surface area contributed by atoms with Gasteiger partial charge in [0.05, 0.1) is 16.6 Å². The topological polar surface area (TPSA) is 99.2 Å². The van der Waals surface area contributed by atoms with Crippen LogP contribution in [0.4, 0.5) is 11.4 Å². The molecule has 0 amide bonds. The maximum atomic E-state index is 10.9. The summed E-state index contributed by atoms with van der Waals surface area (Å²) in [5.74, 6) is 0. The molecule has 0 aliphatic heterocycles. The van der Waals surface area contributed by atoms with Gasteiger partial charge in [0.25, 0.3) is 5.69 Å². The predicted octanol–water partition coefficient (Wildman–Crippen LogP) is 2.04. The number of nitriles is 1.